The van der Waals surface area contributed by atoms with Crippen molar-refractivity contribution < 1.29 is 9.47 Å². The Hall–Kier alpha value is -1.48. The first-order chi connectivity index (χ1) is 9.36. The van der Waals surface area contributed by atoms with Crippen LogP contribution in [-0.4, -0.2) is 24.4 Å². The molecule has 1 aromatic carbocycles. The summed E-state index contributed by atoms with van der Waals surface area (Å²) in [7, 11) is 0. The zero-order valence-electron chi connectivity index (χ0n) is 11.9. The minimum absolute atomic E-state index is 0.772. The van der Waals surface area contributed by atoms with Crippen LogP contribution in [-0.2, 0) is 11.3 Å². The van der Waals surface area contributed by atoms with Crippen LogP contribution in [0.5, 0.6) is 5.75 Å². The molecule has 0 amide bonds. The van der Waals surface area contributed by atoms with E-state index in [0.717, 1.165) is 45.0 Å². The van der Waals surface area contributed by atoms with Gasteiger partial charge in [0.15, 0.2) is 0 Å². The van der Waals surface area contributed by atoms with Gasteiger partial charge in [-0.3, -0.25) is 0 Å². The fourth-order valence-electron chi connectivity index (χ4n) is 2.21. The number of fused-ring (bicyclic) bond motifs is 1. The van der Waals surface area contributed by atoms with E-state index in [1.54, 1.807) is 0 Å². The summed E-state index contributed by atoms with van der Waals surface area (Å²) in [5, 5.41) is 1.20. The van der Waals surface area contributed by atoms with Gasteiger partial charge in [0.05, 0.1) is 12.1 Å². The summed E-state index contributed by atoms with van der Waals surface area (Å²) >= 11 is 0. The van der Waals surface area contributed by atoms with Crippen LogP contribution < -0.4 is 4.74 Å². The van der Waals surface area contributed by atoms with Crippen LogP contribution in [0, 0.1) is 0 Å². The van der Waals surface area contributed by atoms with Crippen LogP contribution in [0.2, 0.25) is 0 Å². The molecule has 3 heteroatoms. The van der Waals surface area contributed by atoms with Crippen LogP contribution in [0.25, 0.3) is 10.9 Å². The second-order valence-electron chi connectivity index (χ2n) is 4.60. The molecule has 0 aliphatic carbocycles. The number of hydrogen-bond acceptors (Lipinski definition) is 2. The SMILES string of the molecule is CCCOc1cccc2c1ccn2CCCOCC. The second-order valence-corrected chi connectivity index (χ2v) is 4.60. The molecule has 0 fully saturated rings. The summed E-state index contributed by atoms with van der Waals surface area (Å²) in [5.41, 5.74) is 1.24. The van der Waals surface area contributed by atoms with Gasteiger partial charge >= 0.3 is 0 Å². The van der Waals surface area contributed by atoms with Gasteiger partial charge < -0.3 is 14.0 Å². The number of aromatic nitrogens is 1. The van der Waals surface area contributed by atoms with E-state index in [1.807, 2.05) is 13.0 Å². The number of nitrogens with zero attached hydrogens (tertiary/aromatic N) is 1. The minimum atomic E-state index is 0.772. The Labute approximate surface area is 115 Å². The zero-order valence-corrected chi connectivity index (χ0v) is 11.9. The summed E-state index contributed by atoms with van der Waals surface area (Å²) in [6.07, 6.45) is 4.21. The third-order valence-corrected chi connectivity index (χ3v) is 3.13. The molecule has 104 valence electrons. The Morgan fingerprint density at radius 2 is 2.00 bits per heavy atom. The van der Waals surface area contributed by atoms with E-state index >= 15 is 0 Å². The van der Waals surface area contributed by atoms with Gasteiger partial charge in [0.1, 0.15) is 5.75 Å². The average Bonchev–Trinajstić information content (AvgIpc) is 2.85. The summed E-state index contributed by atoms with van der Waals surface area (Å²) in [4.78, 5) is 0. The number of ether oxygens (including phenoxy) is 2. The number of aryl methyl sites for hydroxylation is 1. The molecule has 0 saturated carbocycles. The van der Waals surface area contributed by atoms with Crippen molar-refractivity contribution in [2.45, 2.75) is 33.2 Å². The highest BCUT2D eigenvalue weighted by molar-refractivity contribution is 5.86. The summed E-state index contributed by atoms with van der Waals surface area (Å²) < 4.78 is 13.4. The first-order valence-electron chi connectivity index (χ1n) is 7.15. The lowest BCUT2D eigenvalue weighted by Crippen LogP contribution is -2.01. The lowest BCUT2D eigenvalue weighted by atomic mass is 10.2. The van der Waals surface area contributed by atoms with E-state index in [4.69, 9.17) is 9.47 Å². The summed E-state index contributed by atoms with van der Waals surface area (Å²) in [5.74, 6) is 0.989. The third-order valence-electron chi connectivity index (χ3n) is 3.13. The van der Waals surface area contributed by atoms with Crippen LogP contribution in [0.15, 0.2) is 30.5 Å². The van der Waals surface area contributed by atoms with Crippen molar-refractivity contribution in [1.29, 1.82) is 0 Å². The van der Waals surface area contributed by atoms with Crippen LogP contribution in [0.1, 0.15) is 26.7 Å². The highest BCUT2D eigenvalue weighted by atomic mass is 16.5. The van der Waals surface area contributed by atoms with Crippen LogP contribution in [0.3, 0.4) is 0 Å². The van der Waals surface area contributed by atoms with Crippen molar-refractivity contribution in [3.8, 4) is 5.75 Å². The Morgan fingerprint density at radius 3 is 2.79 bits per heavy atom. The number of hydrogen-bond donors (Lipinski definition) is 0. The van der Waals surface area contributed by atoms with Crippen molar-refractivity contribution in [3.63, 3.8) is 0 Å². The van der Waals surface area contributed by atoms with Gasteiger partial charge in [-0.15, -0.1) is 0 Å². The van der Waals surface area contributed by atoms with Crippen LogP contribution >= 0.6 is 0 Å². The predicted octanol–water partition coefficient (Wildman–Crippen LogP) is 3.86. The predicted molar refractivity (Wildman–Crippen MR) is 78.8 cm³/mol. The van der Waals surface area contributed by atoms with Crippen molar-refractivity contribution >= 4 is 10.9 Å². The molecule has 0 saturated heterocycles. The smallest absolute Gasteiger partial charge is 0.128 e. The molecule has 0 bridgehead atoms. The maximum Gasteiger partial charge on any atom is 0.128 e. The Bertz CT molecular complexity index is 504. The van der Waals surface area contributed by atoms with Gasteiger partial charge in [0.2, 0.25) is 0 Å². The monoisotopic (exact) mass is 261 g/mol. The zero-order chi connectivity index (χ0) is 13.5. The molecule has 19 heavy (non-hydrogen) atoms. The molecule has 0 atom stereocenters. The van der Waals surface area contributed by atoms with Gasteiger partial charge in [-0.25, -0.2) is 0 Å². The number of benzene rings is 1. The summed E-state index contributed by atoms with van der Waals surface area (Å²) in [6, 6.07) is 8.39. The largest absolute Gasteiger partial charge is 0.493 e. The quantitative estimate of drug-likeness (QED) is 0.674. The van der Waals surface area contributed by atoms with Crippen LogP contribution in [0.4, 0.5) is 0 Å². The highest BCUT2D eigenvalue weighted by Gasteiger charge is 2.06. The standard InChI is InChI=1S/C16H23NO2/c1-3-12-19-16-8-5-7-15-14(16)9-11-17(15)10-6-13-18-4-2/h5,7-9,11H,3-4,6,10,12-13H2,1-2H3. The van der Waals surface area contributed by atoms with Gasteiger partial charge in [-0.1, -0.05) is 13.0 Å². The molecule has 0 aliphatic rings. The van der Waals surface area contributed by atoms with E-state index in [0.29, 0.717) is 0 Å². The van der Waals surface area contributed by atoms with Gasteiger partial charge in [0, 0.05) is 31.3 Å². The molecule has 2 rings (SSSR count). The summed E-state index contributed by atoms with van der Waals surface area (Å²) in [6.45, 7) is 7.53. The van der Waals surface area contributed by atoms with Gasteiger partial charge in [-0.2, -0.15) is 0 Å². The maximum absolute atomic E-state index is 5.79. The minimum Gasteiger partial charge on any atom is -0.493 e. The molecule has 0 spiro atoms. The van der Waals surface area contributed by atoms with Gasteiger partial charge in [-0.05, 0) is 38.0 Å². The van der Waals surface area contributed by atoms with E-state index in [-0.39, 0.29) is 0 Å². The van der Waals surface area contributed by atoms with E-state index < -0.39 is 0 Å². The topological polar surface area (TPSA) is 23.4 Å². The molecule has 0 unspecified atom stereocenters. The highest BCUT2D eigenvalue weighted by Crippen LogP contribution is 2.26. The average molecular weight is 261 g/mol. The Morgan fingerprint density at radius 1 is 1.11 bits per heavy atom. The lowest BCUT2D eigenvalue weighted by Gasteiger charge is -2.08. The molecule has 0 N–H and O–H groups in total. The molecular formula is C16H23NO2. The van der Waals surface area contributed by atoms with E-state index in [9.17, 15) is 0 Å². The van der Waals surface area contributed by atoms with E-state index in [1.165, 1.54) is 10.9 Å². The third kappa shape index (κ3) is 3.51. The molecule has 2 aromatic rings. The molecule has 1 aromatic heterocycles. The van der Waals surface area contributed by atoms with Crippen molar-refractivity contribution in [3.05, 3.63) is 30.5 Å². The molecule has 3 nitrogen and oxygen atoms in total. The Balaban J connectivity index is 2.09. The maximum atomic E-state index is 5.79. The van der Waals surface area contributed by atoms with E-state index in [2.05, 4.69) is 35.9 Å². The molecular weight excluding hydrogens is 238 g/mol. The fraction of sp³-hybridized carbons (Fsp3) is 0.500. The number of rotatable bonds is 8. The van der Waals surface area contributed by atoms with Crippen molar-refractivity contribution in [2.75, 3.05) is 19.8 Å². The van der Waals surface area contributed by atoms with Crippen molar-refractivity contribution in [2.24, 2.45) is 0 Å². The molecule has 1 heterocycles. The lowest BCUT2D eigenvalue weighted by molar-refractivity contribution is 0.142. The fourth-order valence-corrected chi connectivity index (χ4v) is 2.21. The normalized spacial score (nSPS) is 11.1. The van der Waals surface area contributed by atoms with Crippen molar-refractivity contribution in [1.82, 2.24) is 4.57 Å². The molecule has 0 aliphatic heterocycles. The van der Waals surface area contributed by atoms with Gasteiger partial charge in [0.25, 0.3) is 0 Å². The molecule has 0 radical (unpaired) electrons. The second kappa shape index (κ2) is 7.19. The first-order valence-corrected chi connectivity index (χ1v) is 7.15. The Kier molecular flexibility index (Phi) is 5.28. The first kappa shape index (κ1) is 13.9.